The molecule has 3 rings (SSSR count). The summed E-state index contributed by atoms with van der Waals surface area (Å²) >= 11 is 13.2. The van der Waals surface area contributed by atoms with Gasteiger partial charge in [-0.15, -0.1) is 10.2 Å². The van der Waals surface area contributed by atoms with Gasteiger partial charge < -0.3 is 15.4 Å². The number of halogens is 2. The molecule has 2 aromatic rings. The number of amidine groups is 1. The lowest BCUT2D eigenvalue weighted by Crippen LogP contribution is -2.69. The van der Waals surface area contributed by atoms with Gasteiger partial charge in [0, 0.05) is 11.1 Å². The number of hydrogen-bond acceptors (Lipinski definition) is 7. The first-order valence-corrected chi connectivity index (χ1v) is 15.9. The summed E-state index contributed by atoms with van der Waals surface area (Å²) in [5, 5.41) is 12.7. The van der Waals surface area contributed by atoms with Crippen LogP contribution in [0.4, 0.5) is 5.69 Å². The number of para-hydroxylation sites is 1. The zero-order valence-electron chi connectivity index (χ0n) is 27.8. The predicted molar refractivity (Wildman–Crippen MR) is 180 cm³/mol. The normalized spacial score (nSPS) is 18.9. The molecule has 0 bridgehead atoms. The van der Waals surface area contributed by atoms with E-state index in [1.54, 1.807) is 58.0 Å². The minimum atomic E-state index is -2.59. The van der Waals surface area contributed by atoms with E-state index in [9.17, 15) is 14.4 Å². The first-order chi connectivity index (χ1) is 20.7. The van der Waals surface area contributed by atoms with Crippen molar-refractivity contribution in [1.82, 2.24) is 5.32 Å². The number of ether oxygens (including phenoxy) is 1. The molecule has 1 aliphatic rings. The van der Waals surface area contributed by atoms with Crippen molar-refractivity contribution < 1.29 is 19.1 Å². The van der Waals surface area contributed by atoms with Crippen LogP contribution in [0, 0.1) is 5.41 Å². The van der Waals surface area contributed by atoms with Crippen molar-refractivity contribution in [1.29, 1.82) is 0 Å². The maximum atomic E-state index is 14.0. The van der Waals surface area contributed by atoms with E-state index >= 15 is 0 Å². The number of azo groups is 1. The van der Waals surface area contributed by atoms with Gasteiger partial charge in [0.15, 0.2) is 11.9 Å². The van der Waals surface area contributed by atoms with Crippen molar-refractivity contribution in [3.05, 3.63) is 59.7 Å². The molecule has 9 nitrogen and oxygen atoms in total. The maximum absolute atomic E-state index is 14.0. The highest BCUT2D eigenvalue weighted by Gasteiger charge is 2.67. The largest absolute Gasteiger partial charge is 0.481 e. The molecular weight excluding hydrogens is 613 g/mol. The molecule has 0 fully saturated rings. The third kappa shape index (κ3) is 7.41. The third-order valence-corrected chi connectivity index (χ3v) is 9.35. The van der Waals surface area contributed by atoms with E-state index in [-0.39, 0.29) is 16.1 Å². The second-order valence-electron chi connectivity index (χ2n) is 13.7. The summed E-state index contributed by atoms with van der Waals surface area (Å²) in [7, 11) is 0. The fraction of sp³-hybridized carbons (Fsp3) is 0.529. The molecule has 1 aliphatic heterocycles. The fourth-order valence-corrected chi connectivity index (χ4v) is 5.38. The van der Waals surface area contributed by atoms with Crippen LogP contribution in [-0.4, -0.2) is 39.7 Å². The molecule has 2 amide bonds. The van der Waals surface area contributed by atoms with Crippen LogP contribution >= 0.6 is 23.2 Å². The van der Waals surface area contributed by atoms with Crippen LogP contribution in [0.3, 0.4) is 0 Å². The van der Waals surface area contributed by atoms with Crippen molar-refractivity contribution in [3.63, 3.8) is 0 Å². The van der Waals surface area contributed by atoms with E-state index in [0.29, 0.717) is 11.4 Å². The van der Waals surface area contributed by atoms with E-state index in [4.69, 9.17) is 27.9 Å². The van der Waals surface area contributed by atoms with Crippen LogP contribution in [0.15, 0.2) is 63.8 Å². The topological polar surface area (TPSA) is 122 Å². The lowest BCUT2D eigenvalue weighted by atomic mass is 9.77. The number of rotatable bonds is 12. The molecule has 0 saturated carbocycles. The summed E-state index contributed by atoms with van der Waals surface area (Å²) in [6.45, 7) is 19.1. The molecule has 11 heteroatoms. The molecule has 0 spiro atoms. The maximum Gasteiger partial charge on any atom is 0.285 e. The van der Waals surface area contributed by atoms with Crippen LogP contribution < -0.4 is 15.4 Å². The lowest BCUT2D eigenvalue weighted by molar-refractivity contribution is -0.139. The summed E-state index contributed by atoms with van der Waals surface area (Å²) in [4.78, 5) is 43.5. The highest BCUT2D eigenvalue weighted by Crippen LogP contribution is 2.43. The zero-order chi connectivity index (χ0) is 34.0. The Bertz CT molecular complexity index is 1500. The Hall–Kier alpha value is -3.30. The molecule has 0 aliphatic carbocycles. The molecular formula is C34H45Cl2N5O4. The van der Waals surface area contributed by atoms with Crippen LogP contribution in [0.5, 0.6) is 5.75 Å². The predicted octanol–water partition coefficient (Wildman–Crippen LogP) is 7.89. The van der Waals surface area contributed by atoms with Crippen LogP contribution in [0.1, 0.15) is 93.2 Å². The Morgan fingerprint density at radius 2 is 1.53 bits per heavy atom. The first-order valence-electron chi connectivity index (χ1n) is 15.2. The molecule has 0 saturated heterocycles. The Morgan fingerprint density at radius 1 is 0.933 bits per heavy atom. The number of ketones is 1. The minimum absolute atomic E-state index is 0.129. The van der Waals surface area contributed by atoms with E-state index in [1.165, 1.54) is 0 Å². The summed E-state index contributed by atoms with van der Waals surface area (Å²) in [6, 6.07) is 14.6. The second kappa shape index (κ2) is 13.2. The van der Waals surface area contributed by atoms with Gasteiger partial charge in [0.2, 0.25) is 10.2 Å². The second-order valence-corrected chi connectivity index (χ2v) is 14.7. The monoisotopic (exact) mass is 657 g/mol. The van der Waals surface area contributed by atoms with Crippen molar-refractivity contribution in [2.75, 3.05) is 5.32 Å². The number of aliphatic imine (C=N–C) groups is 1. The Morgan fingerprint density at radius 3 is 2.04 bits per heavy atom. The zero-order valence-corrected chi connectivity index (χ0v) is 29.4. The van der Waals surface area contributed by atoms with Crippen molar-refractivity contribution >= 4 is 51.8 Å². The average molecular weight is 659 g/mol. The smallest absolute Gasteiger partial charge is 0.285 e. The number of alkyl halides is 1. The lowest BCUT2D eigenvalue weighted by Gasteiger charge is -2.39. The number of hydrogen-bond donors (Lipinski definition) is 2. The van der Waals surface area contributed by atoms with Gasteiger partial charge in [-0.2, -0.15) is 4.99 Å². The summed E-state index contributed by atoms with van der Waals surface area (Å²) in [5.74, 6) is -4.30. The highest BCUT2D eigenvalue weighted by atomic mass is 35.5. The SMILES string of the molecule is CCC(C)(C)c1ccc(C(C)(C)CC)c(OC(C)C(=O)NC2(C(Cl)(C(=O)Nc3ccccc3)C(=O)C(C)(C)C)N=NC(Cl)=N2)c1. The summed E-state index contributed by atoms with van der Waals surface area (Å²) in [5.41, 5.74) is 0.832. The number of amides is 2. The van der Waals surface area contributed by atoms with Gasteiger partial charge in [-0.1, -0.05) is 104 Å². The van der Waals surface area contributed by atoms with Crippen molar-refractivity contribution in [2.24, 2.45) is 20.6 Å². The van der Waals surface area contributed by atoms with Crippen LogP contribution in [-0.2, 0) is 25.2 Å². The number of carbonyl (C=O) groups excluding carboxylic acids is 3. The van der Waals surface area contributed by atoms with E-state index in [0.717, 1.165) is 24.0 Å². The van der Waals surface area contributed by atoms with Gasteiger partial charge in [0.25, 0.3) is 17.6 Å². The molecule has 2 N–H and O–H groups in total. The molecule has 3 unspecified atom stereocenters. The molecule has 0 aromatic heterocycles. The van der Waals surface area contributed by atoms with E-state index < -0.39 is 39.8 Å². The van der Waals surface area contributed by atoms with Gasteiger partial charge in [-0.05, 0) is 71.5 Å². The average Bonchev–Trinajstić information content (AvgIpc) is 3.37. The number of benzene rings is 2. The quantitative estimate of drug-likeness (QED) is 0.137. The fourth-order valence-electron chi connectivity index (χ4n) is 4.76. The Balaban J connectivity index is 2.08. The third-order valence-electron chi connectivity index (χ3n) is 8.58. The molecule has 244 valence electrons. The van der Waals surface area contributed by atoms with Crippen molar-refractivity contribution in [3.8, 4) is 5.75 Å². The standard InChI is InChI=1S/C34H45Cl2N5O4/c1-11-31(7,8)22-18-19-24(32(9,10)12-2)25(20-22)45-21(3)26(42)38-34(39-29(35)40-41-34)33(36,27(43)30(4,5)6)28(44)37-23-16-14-13-15-17-23/h13-21H,11-12H2,1-10H3,(H,37,44)(H,38,42). The van der Waals surface area contributed by atoms with Gasteiger partial charge in [0.1, 0.15) is 5.75 Å². The Kier molecular flexibility index (Phi) is 10.6. The number of anilines is 1. The molecule has 2 aromatic carbocycles. The van der Waals surface area contributed by atoms with Crippen molar-refractivity contribution in [2.45, 2.75) is 110 Å². The van der Waals surface area contributed by atoms with Crippen LogP contribution in [0.25, 0.3) is 0 Å². The Labute approximate surface area is 276 Å². The summed E-state index contributed by atoms with van der Waals surface area (Å²) < 4.78 is 6.36. The van der Waals surface area contributed by atoms with E-state index in [2.05, 4.69) is 73.5 Å². The number of nitrogens with one attached hydrogen (secondary N) is 2. The number of Topliss-reactive ketones (excluding diaryl/α,β-unsaturated/α-hetero) is 1. The van der Waals surface area contributed by atoms with Crippen LogP contribution in [0.2, 0.25) is 0 Å². The molecule has 3 atom stereocenters. The minimum Gasteiger partial charge on any atom is -0.481 e. The first kappa shape index (κ1) is 36.2. The molecule has 1 heterocycles. The van der Waals surface area contributed by atoms with Gasteiger partial charge in [-0.3, -0.25) is 14.4 Å². The van der Waals surface area contributed by atoms with Gasteiger partial charge in [0.05, 0.1) is 0 Å². The highest BCUT2D eigenvalue weighted by molar-refractivity contribution is 6.65. The van der Waals surface area contributed by atoms with E-state index in [1.807, 2.05) is 12.1 Å². The molecule has 45 heavy (non-hydrogen) atoms. The number of nitrogens with zero attached hydrogens (tertiary/aromatic N) is 3. The van der Waals surface area contributed by atoms with Gasteiger partial charge in [-0.25, -0.2) is 0 Å². The summed E-state index contributed by atoms with van der Waals surface area (Å²) in [6.07, 6.45) is 0.605. The number of carbonyl (C=O) groups is 3. The molecule has 0 radical (unpaired) electrons. The van der Waals surface area contributed by atoms with Gasteiger partial charge >= 0.3 is 0 Å².